The largest absolute Gasteiger partial charge is 0.450 e. The van der Waals surface area contributed by atoms with Crippen molar-refractivity contribution in [3.8, 4) is 11.3 Å². The molecule has 0 aliphatic heterocycles. The highest BCUT2D eigenvalue weighted by Gasteiger charge is 2.09. The number of carbonyl (C=O) groups is 2. The number of hydrogen-bond acceptors (Lipinski definition) is 6. The number of aromatic nitrogens is 2. The molecule has 9 heteroatoms. The number of benzene rings is 2. The number of carbonyl (C=O) groups excluding carboxylic acids is 2. The molecule has 2 aromatic carbocycles. The van der Waals surface area contributed by atoms with Crippen molar-refractivity contribution in [1.29, 1.82) is 0 Å². The average molecular weight is 464 g/mol. The van der Waals surface area contributed by atoms with Crippen LogP contribution in [0.5, 0.6) is 0 Å². The van der Waals surface area contributed by atoms with E-state index in [2.05, 4.69) is 15.7 Å². The second-order valence-corrected chi connectivity index (χ2v) is 7.63. The minimum atomic E-state index is -0.537. The Morgan fingerprint density at radius 2 is 1.85 bits per heavy atom. The Bertz CT molecular complexity index is 1190. The lowest BCUT2D eigenvalue weighted by atomic mass is 10.1. The third-order valence-electron chi connectivity index (χ3n) is 4.94. The minimum absolute atomic E-state index is 0.0696. The monoisotopic (exact) mass is 463 g/mol. The van der Waals surface area contributed by atoms with Gasteiger partial charge < -0.3 is 15.8 Å². The van der Waals surface area contributed by atoms with Gasteiger partial charge in [0.1, 0.15) is 0 Å². The number of hydrogen-bond donors (Lipinski definition) is 3. The molecule has 178 valence electrons. The number of amides is 2. The highest BCUT2D eigenvalue weighted by Crippen LogP contribution is 2.18. The summed E-state index contributed by atoms with van der Waals surface area (Å²) in [6, 6.07) is 17.8. The number of rotatable bonds is 10. The van der Waals surface area contributed by atoms with Gasteiger partial charge in [-0.3, -0.25) is 14.9 Å². The van der Waals surface area contributed by atoms with Crippen LogP contribution in [0.4, 0.5) is 10.5 Å². The van der Waals surface area contributed by atoms with Crippen LogP contribution in [0.1, 0.15) is 24.5 Å². The summed E-state index contributed by atoms with van der Waals surface area (Å²) in [5, 5.41) is 10.0. The van der Waals surface area contributed by atoms with Crippen LogP contribution in [0.2, 0.25) is 0 Å². The molecular weight excluding hydrogens is 434 g/mol. The maximum absolute atomic E-state index is 12.4. The molecule has 3 rings (SSSR count). The molecule has 0 radical (unpaired) electrons. The molecule has 0 fully saturated rings. The first-order valence-corrected chi connectivity index (χ1v) is 11.2. The third-order valence-corrected chi connectivity index (χ3v) is 4.94. The van der Waals surface area contributed by atoms with Crippen molar-refractivity contribution < 1.29 is 14.3 Å². The van der Waals surface area contributed by atoms with Crippen molar-refractivity contribution in [2.45, 2.75) is 26.3 Å². The molecule has 1 aromatic heterocycles. The molecule has 1 heterocycles. The van der Waals surface area contributed by atoms with E-state index < -0.39 is 6.09 Å². The smallest absolute Gasteiger partial charge is 0.411 e. The van der Waals surface area contributed by atoms with Crippen LogP contribution >= 0.6 is 0 Å². The summed E-state index contributed by atoms with van der Waals surface area (Å²) in [7, 11) is 0. The van der Waals surface area contributed by atoms with Gasteiger partial charge in [-0.05, 0) is 55.3 Å². The first-order valence-electron chi connectivity index (χ1n) is 11.2. The van der Waals surface area contributed by atoms with Gasteiger partial charge in [0.25, 0.3) is 5.56 Å². The molecule has 4 N–H and O–H groups in total. The second-order valence-electron chi connectivity index (χ2n) is 7.63. The Labute approximate surface area is 197 Å². The molecule has 0 saturated heterocycles. The van der Waals surface area contributed by atoms with E-state index in [1.807, 2.05) is 30.3 Å². The number of nitrogens with two attached hydrogens (primary N) is 1. The summed E-state index contributed by atoms with van der Waals surface area (Å²) in [6.45, 7) is 3.32. The topological polar surface area (TPSA) is 128 Å². The second kappa shape index (κ2) is 12.3. The average Bonchev–Trinajstić information content (AvgIpc) is 2.81. The lowest BCUT2D eigenvalue weighted by Gasteiger charge is -2.10. The fraction of sp³-hybridized carbons (Fsp3) is 0.280. The number of nitrogens with one attached hydrogen (secondary N) is 2. The van der Waals surface area contributed by atoms with Crippen molar-refractivity contribution >= 4 is 17.7 Å². The Balaban J connectivity index is 1.75. The summed E-state index contributed by atoms with van der Waals surface area (Å²) >= 11 is 0. The molecule has 9 nitrogen and oxygen atoms in total. The first-order chi connectivity index (χ1) is 16.5. The number of anilines is 1. The fourth-order valence-corrected chi connectivity index (χ4v) is 3.34. The van der Waals surface area contributed by atoms with Gasteiger partial charge in [0.05, 0.1) is 25.3 Å². The standard InChI is InChI=1S/C25H29N5O4/c1-2-34-25(33)28-21-9-4-7-19(15-21)17-30-24(32)11-10-22(29-30)20-8-3-6-18(14-20)16-23(31)27-13-5-12-26/h3-4,6-11,14-15H,2,5,12-13,16-17,26H2,1H3,(H,27,31)(H,28,33). The van der Waals surface area contributed by atoms with Gasteiger partial charge in [0.2, 0.25) is 5.91 Å². The van der Waals surface area contributed by atoms with Gasteiger partial charge in [0, 0.05) is 23.9 Å². The zero-order valence-electron chi connectivity index (χ0n) is 19.1. The number of ether oxygens (including phenoxy) is 1. The van der Waals surface area contributed by atoms with Crippen LogP contribution in [0.3, 0.4) is 0 Å². The quantitative estimate of drug-likeness (QED) is 0.397. The summed E-state index contributed by atoms with van der Waals surface area (Å²) in [4.78, 5) is 36.2. The minimum Gasteiger partial charge on any atom is -0.450 e. The summed E-state index contributed by atoms with van der Waals surface area (Å²) < 4.78 is 6.26. The van der Waals surface area contributed by atoms with E-state index in [4.69, 9.17) is 10.5 Å². The lowest BCUT2D eigenvalue weighted by Crippen LogP contribution is -2.27. The van der Waals surface area contributed by atoms with E-state index >= 15 is 0 Å². The molecule has 2 amide bonds. The van der Waals surface area contributed by atoms with Gasteiger partial charge >= 0.3 is 6.09 Å². The van der Waals surface area contributed by atoms with E-state index in [0.717, 1.165) is 23.1 Å². The molecule has 0 unspecified atom stereocenters. The highest BCUT2D eigenvalue weighted by molar-refractivity contribution is 5.84. The van der Waals surface area contributed by atoms with Gasteiger partial charge in [-0.25, -0.2) is 9.48 Å². The Kier molecular flexibility index (Phi) is 8.93. The first kappa shape index (κ1) is 24.7. The van der Waals surface area contributed by atoms with Crippen molar-refractivity contribution in [3.05, 3.63) is 82.1 Å². The van der Waals surface area contributed by atoms with Gasteiger partial charge in [-0.1, -0.05) is 30.3 Å². The Morgan fingerprint density at radius 1 is 1.06 bits per heavy atom. The zero-order chi connectivity index (χ0) is 24.3. The van der Waals surface area contributed by atoms with E-state index in [9.17, 15) is 14.4 Å². The van der Waals surface area contributed by atoms with E-state index in [1.54, 1.807) is 31.2 Å². The predicted octanol–water partition coefficient (Wildman–Crippen LogP) is 2.53. The van der Waals surface area contributed by atoms with Crippen LogP contribution in [-0.4, -0.2) is 41.5 Å². The van der Waals surface area contributed by atoms with E-state index in [0.29, 0.717) is 24.5 Å². The van der Waals surface area contributed by atoms with Crippen molar-refractivity contribution in [2.75, 3.05) is 25.0 Å². The van der Waals surface area contributed by atoms with Crippen molar-refractivity contribution in [1.82, 2.24) is 15.1 Å². The molecule has 0 aliphatic carbocycles. The van der Waals surface area contributed by atoms with E-state index in [-0.39, 0.29) is 31.0 Å². The van der Waals surface area contributed by atoms with Crippen LogP contribution in [-0.2, 0) is 22.5 Å². The lowest BCUT2D eigenvalue weighted by molar-refractivity contribution is -0.120. The highest BCUT2D eigenvalue weighted by atomic mass is 16.5. The van der Waals surface area contributed by atoms with Crippen LogP contribution in [0.15, 0.2) is 65.5 Å². The third kappa shape index (κ3) is 7.28. The molecular formula is C25H29N5O4. The van der Waals surface area contributed by atoms with E-state index in [1.165, 1.54) is 10.7 Å². The Hall–Kier alpha value is -3.98. The molecule has 34 heavy (non-hydrogen) atoms. The summed E-state index contributed by atoms with van der Waals surface area (Å²) in [5.74, 6) is -0.0696. The molecule has 0 spiro atoms. The molecule has 0 aliphatic rings. The summed E-state index contributed by atoms with van der Waals surface area (Å²) in [6.07, 6.45) is 0.446. The van der Waals surface area contributed by atoms with Gasteiger partial charge in [-0.15, -0.1) is 0 Å². The van der Waals surface area contributed by atoms with Crippen molar-refractivity contribution in [3.63, 3.8) is 0 Å². The predicted molar refractivity (Wildman–Crippen MR) is 131 cm³/mol. The molecule has 0 saturated carbocycles. The van der Waals surface area contributed by atoms with Crippen LogP contribution < -0.4 is 21.9 Å². The zero-order valence-corrected chi connectivity index (χ0v) is 19.1. The normalized spacial score (nSPS) is 10.5. The molecule has 0 atom stereocenters. The molecule has 3 aromatic rings. The molecule has 0 bridgehead atoms. The van der Waals surface area contributed by atoms with Gasteiger partial charge in [0.15, 0.2) is 0 Å². The van der Waals surface area contributed by atoms with Crippen LogP contribution in [0, 0.1) is 0 Å². The van der Waals surface area contributed by atoms with Gasteiger partial charge in [-0.2, -0.15) is 5.10 Å². The maximum Gasteiger partial charge on any atom is 0.411 e. The van der Waals surface area contributed by atoms with Crippen molar-refractivity contribution in [2.24, 2.45) is 5.73 Å². The summed E-state index contributed by atoms with van der Waals surface area (Å²) in [5.41, 5.74) is 8.84. The Morgan fingerprint density at radius 3 is 2.65 bits per heavy atom. The SMILES string of the molecule is CCOC(=O)Nc1cccc(Cn2nc(-c3cccc(CC(=O)NCCCN)c3)ccc2=O)c1. The maximum atomic E-state index is 12.4. The van der Waals surface area contributed by atoms with Crippen LogP contribution in [0.25, 0.3) is 11.3 Å². The fourth-order valence-electron chi connectivity index (χ4n) is 3.34. The number of nitrogens with zero attached hydrogens (tertiary/aromatic N) is 2.